The van der Waals surface area contributed by atoms with E-state index >= 15 is 0 Å². The van der Waals surface area contributed by atoms with E-state index in [1.54, 1.807) is 7.11 Å². The largest absolute Gasteiger partial charge is 0.489 e. The quantitative estimate of drug-likeness (QED) is 0.528. The van der Waals surface area contributed by atoms with Gasteiger partial charge in [-0.1, -0.05) is 0 Å². The summed E-state index contributed by atoms with van der Waals surface area (Å²) in [6.45, 7) is 1.63. The molecule has 1 rings (SSSR count). The van der Waals surface area contributed by atoms with Gasteiger partial charge >= 0.3 is 0 Å². The molecule has 8 heteroatoms. The van der Waals surface area contributed by atoms with Crippen LogP contribution in [0.4, 0.5) is 5.69 Å². The fraction of sp³-hybridized carbons (Fsp3) is 0.538. The Hall–Kier alpha value is -1.35. The van der Waals surface area contributed by atoms with Gasteiger partial charge in [-0.05, 0) is 12.1 Å². The van der Waals surface area contributed by atoms with Crippen LogP contribution >= 0.6 is 0 Å². The molecule has 120 valence electrons. The molecule has 0 aliphatic carbocycles. The van der Waals surface area contributed by atoms with Gasteiger partial charge in [-0.2, -0.15) is 0 Å². The van der Waals surface area contributed by atoms with E-state index in [1.165, 1.54) is 32.3 Å². The summed E-state index contributed by atoms with van der Waals surface area (Å²) in [5.74, 6) is 0.327. The first kappa shape index (κ1) is 17.7. The van der Waals surface area contributed by atoms with Gasteiger partial charge in [-0.15, -0.1) is 0 Å². The monoisotopic (exact) mass is 318 g/mol. The molecular formula is C13H22N2O5S. The second-order valence-corrected chi connectivity index (χ2v) is 6.59. The number of ether oxygens (including phenoxy) is 3. The third-order valence-corrected chi connectivity index (χ3v) is 4.49. The number of benzene rings is 1. The van der Waals surface area contributed by atoms with Gasteiger partial charge in [0, 0.05) is 27.3 Å². The third kappa shape index (κ3) is 5.16. The van der Waals surface area contributed by atoms with E-state index in [0.717, 1.165) is 4.31 Å². The summed E-state index contributed by atoms with van der Waals surface area (Å²) in [6, 6.07) is 4.38. The molecule has 0 aliphatic heterocycles. The van der Waals surface area contributed by atoms with Crippen LogP contribution in [0.5, 0.6) is 5.75 Å². The van der Waals surface area contributed by atoms with E-state index in [2.05, 4.69) is 0 Å². The van der Waals surface area contributed by atoms with Gasteiger partial charge in [0.25, 0.3) is 0 Å². The lowest BCUT2D eigenvalue weighted by molar-refractivity contribution is 0.0545. The van der Waals surface area contributed by atoms with Crippen molar-refractivity contribution in [2.24, 2.45) is 0 Å². The van der Waals surface area contributed by atoms with Crippen molar-refractivity contribution in [3.8, 4) is 5.75 Å². The minimum absolute atomic E-state index is 0.136. The van der Waals surface area contributed by atoms with Crippen molar-refractivity contribution < 1.29 is 22.6 Å². The Morgan fingerprint density at radius 2 is 1.81 bits per heavy atom. The Kier molecular flexibility index (Phi) is 6.90. The van der Waals surface area contributed by atoms with Gasteiger partial charge in [0.05, 0.1) is 30.4 Å². The van der Waals surface area contributed by atoms with Gasteiger partial charge in [-0.3, -0.25) is 0 Å². The first-order valence-corrected chi connectivity index (χ1v) is 7.85. The zero-order valence-corrected chi connectivity index (χ0v) is 13.4. The van der Waals surface area contributed by atoms with Crippen LogP contribution in [0, 0.1) is 0 Å². The highest BCUT2D eigenvalue weighted by atomic mass is 32.2. The number of hydrogen-bond donors (Lipinski definition) is 1. The van der Waals surface area contributed by atoms with Crippen LogP contribution in [-0.4, -0.2) is 60.4 Å². The number of hydrogen-bond acceptors (Lipinski definition) is 6. The molecule has 0 spiro atoms. The third-order valence-electron chi connectivity index (χ3n) is 2.68. The maximum Gasteiger partial charge on any atom is 0.242 e. The number of anilines is 1. The van der Waals surface area contributed by atoms with Crippen molar-refractivity contribution in [3.63, 3.8) is 0 Å². The van der Waals surface area contributed by atoms with Crippen LogP contribution in [0.15, 0.2) is 23.1 Å². The molecule has 0 bridgehead atoms. The maximum absolute atomic E-state index is 12.0. The highest BCUT2D eigenvalue weighted by Gasteiger charge is 2.18. The number of rotatable bonds is 9. The zero-order chi connectivity index (χ0) is 15.9. The van der Waals surface area contributed by atoms with Crippen LogP contribution in [0.1, 0.15) is 0 Å². The highest BCUT2D eigenvalue weighted by molar-refractivity contribution is 7.89. The Bertz CT molecular complexity index is 545. The lowest BCUT2D eigenvalue weighted by Crippen LogP contribution is -2.22. The SMILES string of the molecule is COCCOCCOc1cc(S(=O)(=O)N(C)C)ccc1N. The van der Waals surface area contributed by atoms with Crippen LogP contribution in [0.25, 0.3) is 0 Å². The first-order chi connectivity index (χ1) is 9.89. The number of sulfonamides is 1. The normalized spacial score (nSPS) is 11.8. The lowest BCUT2D eigenvalue weighted by atomic mass is 10.3. The Morgan fingerprint density at radius 3 is 2.43 bits per heavy atom. The molecule has 0 saturated heterocycles. The van der Waals surface area contributed by atoms with Crippen molar-refractivity contribution in [1.29, 1.82) is 0 Å². The maximum atomic E-state index is 12.0. The Morgan fingerprint density at radius 1 is 1.14 bits per heavy atom. The molecule has 0 unspecified atom stereocenters. The molecule has 1 aromatic rings. The molecule has 0 aromatic heterocycles. The van der Waals surface area contributed by atoms with Crippen LogP contribution in [0.3, 0.4) is 0 Å². The Balaban J connectivity index is 2.67. The minimum atomic E-state index is -3.51. The molecule has 0 heterocycles. The molecule has 7 nitrogen and oxygen atoms in total. The van der Waals surface area contributed by atoms with Gasteiger partial charge in [0.1, 0.15) is 12.4 Å². The molecule has 0 radical (unpaired) electrons. The van der Waals surface area contributed by atoms with E-state index in [0.29, 0.717) is 31.3 Å². The van der Waals surface area contributed by atoms with Gasteiger partial charge < -0.3 is 19.9 Å². The van der Waals surface area contributed by atoms with Crippen molar-refractivity contribution >= 4 is 15.7 Å². The number of methoxy groups -OCH3 is 1. The molecule has 0 saturated carbocycles. The fourth-order valence-electron chi connectivity index (χ4n) is 1.47. The van der Waals surface area contributed by atoms with E-state index in [4.69, 9.17) is 19.9 Å². The fourth-order valence-corrected chi connectivity index (χ4v) is 2.38. The van der Waals surface area contributed by atoms with E-state index in [1.807, 2.05) is 0 Å². The summed E-state index contributed by atoms with van der Waals surface area (Å²) in [5, 5.41) is 0. The number of nitrogen functional groups attached to an aromatic ring is 1. The van der Waals surface area contributed by atoms with Gasteiger partial charge in [0.15, 0.2) is 0 Å². The minimum Gasteiger partial charge on any atom is -0.489 e. The second-order valence-electron chi connectivity index (χ2n) is 4.44. The zero-order valence-electron chi connectivity index (χ0n) is 12.5. The summed E-state index contributed by atoms with van der Waals surface area (Å²) in [5.41, 5.74) is 6.16. The van der Waals surface area contributed by atoms with Crippen molar-refractivity contribution in [1.82, 2.24) is 4.31 Å². The van der Waals surface area contributed by atoms with Crippen molar-refractivity contribution in [2.45, 2.75) is 4.90 Å². The second kappa shape index (κ2) is 8.18. The number of nitrogens with two attached hydrogens (primary N) is 1. The average molecular weight is 318 g/mol. The molecule has 1 aromatic carbocycles. The van der Waals surface area contributed by atoms with Crippen LogP contribution < -0.4 is 10.5 Å². The molecule has 0 amide bonds. The topological polar surface area (TPSA) is 91.1 Å². The molecule has 0 fully saturated rings. The summed E-state index contributed by atoms with van der Waals surface area (Å²) < 4.78 is 40.8. The van der Waals surface area contributed by atoms with E-state index in [9.17, 15) is 8.42 Å². The van der Waals surface area contributed by atoms with Crippen molar-refractivity contribution in [2.75, 3.05) is 53.4 Å². The number of nitrogens with zero attached hydrogens (tertiary/aromatic N) is 1. The average Bonchev–Trinajstić information content (AvgIpc) is 2.44. The van der Waals surface area contributed by atoms with Crippen molar-refractivity contribution in [3.05, 3.63) is 18.2 Å². The lowest BCUT2D eigenvalue weighted by Gasteiger charge is -2.14. The summed E-state index contributed by atoms with van der Waals surface area (Å²) >= 11 is 0. The first-order valence-electron chi connectivity index (χ1n) is 6.41. The molecule has 2 N–H and O–H groups in total. The smallest absolute Gasteiger partial charge is 0.242 e. The van der Waals surface area contributed by atoms with Crippen LogP contribution in [-0.2, 0) is 19.5 Å². The molecule has 21 heavy (non-hydrogen) atoms. The predicted molar refractivity (Wildman–Crippen MR) is 79.9 cm³/mol. The predicted octanol–water partition coefficient (Wildman–Crippen LogP) is 0.561. The molecular weight excluding hydrogens is 296 g/mol. The van der Waals surface area contributed by atoms with Crippen LogP contribution in [0.2, 0.25) is 0 Å². The summed E-state index contributed by atoms with van der Waals surface area (Å²) in [7, 11) is 1.02. The van der Waals surface area contributed by atoms with E-state index in [-0.39, 0.29) is 11.5 Å². The standard InChI is InChI=1S/C13H22N2O5S/c1-15(2)21(16,17)11-4-5-12(14)13(10-11)20-9-8-19-7-6-18-3/h4-5,10H,6-9,14H2,1-3H3. The van der Waals surface area contributed by atoms with Gasteiger partial charge in [0.2, 0.25) is 10.0 Å². The summed E-state index contributed by atoms with van der Waals surface area (Å²) in [4.78, 5) is 0.136. The van der Waals surface area contributed by atoms with Gasteiger partial charge in [-0.25, -0.2) is 12.7 Å². The molecule has 0 aliphatic rings. The molecule has 0 atom stereocenters. The Labute approximate surface area is 125 Å². The highest BCUT2D eigenvalue weighted by Crippen LogP contribution is 2.26. The van der Waals surface area contributed by atoms with E-state index < -0.39 is 10.0 Å². The summed E-state index contributed by atoms with van der Waals surface area (Å²) in [6.07, 6.45) is 0.